The first-order chi connectivity index (χ1) is 14.9. The average Bonchev–Trinajstić information content (AvgIpc) is 3.04. The number of fused-ring (bicyclic) bond motifs is 1. The molecule has 0 saturated carbocycles. The number of carbonyl (C=O) groups excluding carboxylic acids is 1. The fourth-order valence-corrected chi connectivity index (χ4v) is 5.34. The zero-order valence-corrected chi connectivity index (χ0v) is 19.2. The van der Waals surface area contributed by atoms with E-state index in [1.807, 2.05) is 19.9 Å². The topological polar surface area (TPSA) is 81.4 Å². The van der Waals surface area contributed by atoms with Gasteiger partial charge in [0.25, 0.3) is 11.5 Å². The Labute approximate surface area is 190 Å². The fraction of sp³-hybridized carbons (Fsp3) is 0.429. The second kappa shape index (κ2) is 9.07. The number of hydrogen-bond donors (Lipinski definition) is 1. The van der Waals surface area contributed by atoms with Crippen LogP contribution in [0.5, 0.6) is 0 Å². The molecule has 0 bridgehead atoms. The van der Waals surface area contributed by atoms with Crippen molar-refractivity contribution in [2.75, 3.05) is 44.2 Å². The van der Waals surface area contributed by atoms with E-state index in [0.717, 1.165) is 13.1 Å². The van der Waals surface area contributed by atoms with Gasteiger partial charge in [0.1, 0.15) is 15.8 Å². The Morgan fingerprint density at radius 1 is 1.23 bits per heavy atom. The van der Waals surface area contributed by atoms with Crippen LogP contribution in [0.25, 0.3) is 11.7 Å². The number of pyridine rings is 1. The lowest BCUT2D eigenvalue weighted by atomic mass is 10.2. The summed E-state index contributed by atoms with van der Waals surface area (Å²) in [6.45, 7) is 7.49. The fourth-order valence-electron chi connectivity index (χ4n) is 3.84. The van der Waals surface area contributed by atoms with Crippen molar-refractivity contribution in [3.63, 3.8) is 0 Å². The first-order valence-electron chi connectivity index (χ1n) is 10.3. The number of β-amino-alcohol motifs (C(OH)–C–C–N with tert-alkyl or cyclic N) is 1. The van der Waals surface area contributed by atoms with Crippen molar-refractivity contribution in [1.29, 1.82) is 0 Å². The minimum atomic E-state index is -0.215. The molecule has 10 heteroatoms. The van der Waals surface area contributed by atoms with Crippen molar-refractivity contribution in [3.05, 3.63) is 45.2 Å². The number of thioether (sulfide) groups is 1. The molecular weight excluding hydrogens is 434 g/mol. The van der Waals surface area contributed by atoms with E-state index in [-0.39, 0.29) is 24.1 Å². The van der Waals surface area contributed by atoms with Gasteiger partial charge in [-0.05, 0) is 32.1 Å². The lowest BCUT2D eigenvalue weighted by Gasteiger charge is -2.35. The molecule has 0 unspecified atom stereocenters. The molecule has 0 radical (unpaired) electrons. The van der Waals surface area contributed by atoms with Gasteiger partial charge < -0.3 is 10.0 Å². The van der Waals surface area contributed by atoms with Crippen molar-refractivity contribution in [1.82, 2.24) is 19.2 Å². The predicted molar refractivity (Wildman–Crippen MR) is 127 cm³/mol. The van der Waals surface area contributed by atoms with Crippen LogP contribution in [-0.2, 0) is 4.79 Å². The van der Waals surface area contributed by atoms with E-state index in [9.17, 15) is 14.7 Å². The molecule has 2 aliphatic heterocycles. The Hall–Kier alpha value is -2.27. The third-order valence-electron chi connectivity index (χ3n) is 5.45. The van der Waals surface area contributed by atoms with Gasteiger partial charge in [0, 0.05) is 45.0 Å². The summed E-state index contributed by atoms with van der Waals surface area (Å²) in [6, 6.07) is 5.38. The Morgan fingerprint density at radius 2 is 1.97 bits per heavy atom. The second-order valence-corrected chi connectivity index (χ2v) is 9.46. The number of aliphatic hydroxyl groups excluding tert-OH is 1. The maximum Gasteiger partial charge on any atom is 0.267 e. The van der Waals surface area contributed by atoms with Crippen LogP contribution in [0.4, 0.5) is 5.82 Å². The van der Waals surface area contributed by atoms with Crippen LogP contribution in [0, 0.1) is 0 Å². The molecule has 31 heavy (non-hydrogen) atoms. The predicted octanol–water partition coefficient (Wildman–Crippen LogP) is 1.42. The molecule has 4 heterocycles. The highest BCUT2D eigenvalue weighted by molar-refractivity contribution is 8.26. The number of anilines is 1. The minimum absolute atomic E-state index is 0.0479. The zero-order chi connectivity index (χ0) is 22.1. The molecule has 2 aromatic rings. The van der Waals surface area contributed by atoms with Gasteiger partial charge >= 0.3 is 0 Å². The first-order valence-corrected chi connectivity index (χ1v) is 11.5. The van der Waals surface area contributed by atoms with Crippen LogP contribution in [0.15, 0.2) is 34.1 Å². The maximum atomic E-state index is 13.4. The third kappa shape index (κ3) is 4.25. The summed E-state index contributed by atoms with van der Waals surface area (Å²) in [5.74, 6) is 0.399. The summed E-state index contributed by atoms with van der Waals surface area (Å²) >= 11 is 6.60. The van der Waals surface area contributed by atoms with Gasteiger partial charge in [0.2, 0.25) is 0 Å². The van der Waals surface area contributed by atoms with E-state index < -0.39 is 0 Å². The van der Waals surface area contributed by atoms with Gasteiger partial charge in [-0.15, -0.1) is 0 Å². The minimum Gasteiger partial charge on any atom is -0.395 e. The third-order valence-corrected chi connectivity index (χ3v) is 6.78. The molecule has 2 fully saturated rings. The van der Waals surface area contributed by atoms with Crippen LogP contribution < -0.4 is 10.5 Å². The van der Waals surface area contributed by atoms with Gasteiger partial charge in [-0.3, -0.25) is 23.8 Å². The number of nitrogens with zero attached hydrogens (tertiary/aromatic N) is 5. The molecule has 1 amide bonds. The highest BCUT2D eigenvalue weighted by Crippen LogP contribution is 2.34. The van der Waals surface area contributed by atoms with Gasteiger partial charge in [-0.25, -0.2) is 4.98 Å². The normalized spacial score (nSPS) is 19.4. The van der Waals surface area contributed by atoms with Crippen molar-refractivity contribution in [2.24, 2.45) is 0 Å². The van der Waals surface area contributed by atoms with E-state index in [0.29, 0.717) is 45.9 Å². The summed E-state index contributed by atoms with van der Waals surface area (Å²) in [6.07, 6.45) is 3.33. The van der Waals surface area contributed by atoms with Gasteiger partial charge in [-0.2, -0.15) is 0 Å². The van der Waals surface area contributed by atoms with Gasteiger partial charge in [0.05, 0.1) is 17.1 Å². The molecule has 0 atom stereocenters. The number of aliphatic hydroxyl groups is 1. The first kappa shape index (κ1) is 21.9. The number of rotatable bonds is 5. The largest absolute Gasteiger partial charge is 0.395 e. The smallest absolute Gasteiger partial charge is 0.267 e. The molecule has 2 aromatic heterocycles. The zero-order valence-electron chi connectivity index (χ0n) is 17.5. The number of amides is 1. The quantitative estimate of drug-likeness (QED) is 0.531. The van der Waals surface area contributed by atoms with Gasteiger partial charge in [0.15, 0.2) is 0 Å². The van der Waals surface area contributed by atoms with Crippen LogP contribution in [0.1, 0.15) is 19.4 Å². The highest BCUT2D eigenvalue weighted by atomic mass is 32.2. The average molecular weight is 460 g/mol. The number of piperazine rings is 1. The Morgan fingerprint density at radius 3 is 2.61 bits per heavy atom. The number of aromatic nitrogens is 2. The molecule has 4 rings (SSSR count). The van der Waals surface area contributed by atoms with Crippen molar-refractivity contribution in [2.45, 2.75) is 19.9 Å². The maximum absolute atomic E-state index is 13.4. The Kier molecular flexibility index (Phi) is 6.42. The molecule has 0 spiro atoms. The summed E-state index contributed by atoms with van der Waals surface area (Å²) in [4.78, 5) is 37.4. The van der Waals surface area contributed by atoms with E-state index in [2.05, 4.69) is 9.80 Å². The highest BCUT2D eigenvalue weighted by Gasteiger charge is 2.34. The van der Waals surface area contributed by atoms with Crippen molar-refractivity contribution < 1.29 is 9.90 Å². The Bertz CT molecular complexity index is 1110. The van der Waals surface area contributed by atoms with E-state index in [1.54, 1.807) is 29.3 Å². The number of hydrogen-bond acceptors (Lipinski definition) is 8. The standard InChI is InChI=1S/C21H25N5O3S2/c1-14(2)26-20(29)16(31-21(26)30)13-15-18(24-9-7-23(8-10-24)11-12-27)22-17-5-3-4-6-25(17)19(15)28/h3-6,13-14,27H,7-12H2,1-2H3/b16-13-. The van der Waals surface area contributed by atoms with Crippen LogP contribution in [0.2, 0.25) is 0 Å². The van der Waals surface area contributed by atoms with E-state index in [1.165, 1.54) is 16.2 Å². The molecule has 2 saturated heterocycles. The lowest BCUT2D eigenvalue weighted by molar-refractivity contribution is -0.123. The Balaban J connectivity index is 1.78. The summed E-state index contributed by atoms with van der Waals surface area (Å²) < 4.78 is 2.00. The van der Waals surface area contributed by atoms with Gasteiger partial charge in [-0.1, -0.05) is 30.0 Å². The molecule has 164 valence electrons. The lowest BCUT2D eigenvalue weighted by Crippen LogP contribution is -2.48. The molecule has 8 nitrogen and oxygen atoms in total. The van der Waals surface area contributed by atoms with Crippen LogP contribution >= 0.6 is 24.0 Å². The van der Waals surface area contributed by atoms with Crippen LogP contribution in [-0.4, -0.2) is 79.9 Å². The molecule has 1 N–H and O–H groups in total. The van der Waals surface area contributed by atoms with E-state index in [4.69, 9.17) is 17.2 Å². The summed E-state index contributed by atoms with van der Waals surface area (Å²) in [7, 11) is 0. The number of thiocarbonyl (C=S) groups is 1. The number of carbonyl (C=O) groups is 1. The molecular formula is C21H25N5O3S2. The van der Waals surface area contributed by atoms with Crippen LogP contribution in [0.3, 0.4) is 0 Å². The summed E-state index contributed by atoms with van der Waals surface area (Å²) in [5.41, 5.74) is 0.740. The molecule has 2 aliphatic rings. The SMILES string of the molecule is CC(C)N1C(=O)/C(=C/c2c(N3CCN(CCO)CC3)nc3ccccn3c2=O)SC1=S. The van der Waals surface area contributed by atoms with Crippen molar-refractivity contribution in [3.8, 4) is 0 Å². The molecule has 0 aromatic carbocycles. The van der Waals surface area contributed by atoms with Crippen molar-refractivity contribution >= 4 is 51.7 Å². The molecule has 0 aliphatic carbocycles. The van der Waals surface area contributed by atoms with E-state index >= 15 is 0 Å². The monoisotopic (exact) mass is 459 g/mol. The second-order valence-electron chi connectivity index (χ2n) is 7.78. The summed E-state index contributed by atoms with van der Waals surface area (Å²) in [5, 5.41) is 9.20.